The number of benzene rings is 3. The molecule has 3 rings (SSSR count). The monoisotopic (exact) mass is 420 g/mol. The summed E-state index contributed by atoms with van der Waals surface area (Å²) in [6, 6.07) is 15.5. The van der Waals surface area contributed by atoms with Crippen LogP contribution in [0.15, 0.2) is 60.7 Å². The van der Waals surface area contributed by atoms with Crippen LogP contribution in [-0.4, -0.2) is 4.92 Å². The summed E-state index contributed by atoms with van der Waals surface area (Å²) in [5.41, 5.74) is 2.37. The average molecular weight is 421 g/mol. The first kappa shape index (κ1) is 19.9. The lowest BCUT2D eigenvalue weighted by Crippen LogP contribution is -2.01. The van der Waals surface area contributed by atoms with E-state index in [-0.39, 0.29) is 18.1 Å². The largest absolute Gasteiger partial charge is 0.486 e. The Hall–Kier alpha value is -2.83. The topological polar surface area (TPSA) is 64.4 Å². The summed E-state index contributed by atoms with van der Waals surface area (Å²) in [6.45, 7) is 0.623. The summed E-state index contributed by atoms with van der Waals surface area (Å²) >= 11 is 12.6. The Kier molecular flexibility index (Phi) is 6.34. The van der Waals surface area contributed by atoms with Crippen LogP contribution in [0.4, 0.5) is 15.8 Å². The molecular weight excluding hydrogens is 406 g/mol. The Bertz CT molecular complexity index is 957. The summed E-state index contributed by atoms with van der Waals surface area (Å²) in [4.78, 5) is 10.2. The van der Waals surface area contributed by atoms with Crippen LogP contribution in [0.1, 0.15) is 11.1 Å². The Morgan fingerprint density at radius 1 is 0.964 bits per heavy atom. The van der Waals surface area contributed by atoms with Crippen LogP contribution in [0.3, 0.4) is 0 Å². The zero-order chi connectivity index (χ0) is 20.1. The lowest BCUT2D eigenvalue weighted by molar-refractivity contribution is -0.384. The molecule has 0 aromatic heterocycles. The molecule has 0 saturated carbocycles. The minimum Gasteiger partial charge on any atom is -0.486 e. The fourth-order valence-electron chi connectivity index (χ4n) is 2.49. The standard InChI is InChI=1S/C20H15Cl2FN2O3/c21-18-9-14(11-24-16-5-3-15(23)4-6-16)10-19(22)20(18)28-12-13-1-7-17(8-2-13)25(26)27/h1-10,24H,11-12H2. The van der Waals surface area contributed by atoms with Crippen LogP contribution in [0.25, 0.3) is 0 Å². The summed E-state index contributed by atoms with van der Waals surface area (Å²) < 4.78 is 18.6. The number of hydrogen-bond donors (Lipinski definition) is 1. The van der Waals surface area contributed by atoms with Gasteiger partial charge < -0.3 is 10.1 Å². The van der Waals surface area contributed by atoms with Gasteiger partial charge in [0.15, 0.2) is 5.75 Å². The van der Waals surface area contributed by atoms with E-state index in [1.807, 2.05) is 0 Å². The lowest BCUT2D eigenvalue weighted by atomic mass is 10.2. The first-order valence-corrected chi connectivity index (χ1v) is 9.01. The van der Waals surface area contributed by atoms with Gasteiger partial charge in [-0.05, 0) is 59.7 Å². The molecule has 3 aromatic carbocycles. The Morgan fingerprint density at radius 2 is 1.57 bits per heavy atom. The second kappa shape index (κ2) is 8.91. The van der Waals surface area contributed by atoms with Gasteiger partial charge in [0.2, 0.25) is 0 Å². The summed E-state index contributed by atoms with van der Waals surface area (Å²) in [7, 11) is 0. The predicted molar refractivity (Wildman–Crippen MR) is 108 cm³/mol. The molecule has 0 radical (unpaired) electrons. The number of nitro benzene ring substituents is 1. The van der Waals surface area contributed by atoms with E-state index in [9.17, 15) is 14.5 Å². The highest BCUT2D eigenvalue weighted by molar-refractivity contribution is 6.37. The molecule has 0 aliphatic carbocycles. The van der Waals surface area contributed by atoms with E-state index >= 15 is 0 Å². The number of hydrogen-bond acceptors (Lipinski definition) is 4. The molecule has 0 saturated heterocycles. The van der Waals surface area contributed by atoms with Crippen molar-refractivity contribution in [2.75, 3.05) is 5.32 Å². The number of anilines is 1. The molecule has 3 aromatic rings. The molecule has 8 heteroatoms. The number of ether oxygens (including phenoxy) is 1. The highest BCUT2D eigenvalue weighted by Gasteiger charge is 2.11. The summed E-state index contributed by atoms with van der Waals surface area (Å²) in [6.07, 6.45) is 0. The van der Waals surface area contributed by atoms with E-state index < -0.39 is 4.92 Å². The van der Waals surface area contributed by atoms with Crippen molar-refractivity contribution in [2.24, 2.45) is 0 Å². The summed E-state index contributed by atoms with van der Waals surface area (Å²) in [5.74, 6) is 0.0402. The molecule has 5 nitrogen and oxygen atoms in total. The van der Waals surface area contributed by atoms with Gasteiger partial charge in [-0.15, -0.1) is 0 Å². The zero-order valence-electron chi connectivity index (χ0n) is 14.5. The van der Waals surface area contributed by atoms with Crippen molar-refractivity contribution in [3.63, 3.8) is 0 Å². The van der Waals surface area contributed by atoms with Gasteiger partial charge in [0.05, 0.1) is 15.0 Å². The number of nitrogens with zero attached hydrogens (tertiary/aromatic N) is 1. The molecule has 28 heavy (non-hydrogen) atoms. The molecule has 0 atom stereocenters. The van der Waals surface area contributed by atoms with Crippen LogP contribution in [0.2, 0.25) is 10.0 Å². The zero-order valence-corrected chi connectivity index (χ0v) is 16.0. The highest BCUT2D eigenvalue weighted by Crippen LogP contribution is 2.35. The quantitative estimate of drug-likeness (QED) is 0.363. The second-order valence-electron chi connectivity index (χ2n) is 5.96. The van der Waals surface area contributed by atoms with Crippen LogP contribution in [0, 0.1) is 15.9 Å². The van der Waals surface area contributed by atoms with E-state index in [1.54, 1.807) is 36.4 Å². The predicted octanol–water partition coefficient (Wildman–Crippen LogP) is 6.23. The molecule has 0 bridgehead atoms. The maximum Gasteiger partial charge on any atom is 0.269 e. The molecule has 144 valence electrons. The minimum absolute atomic E-state index is 0.0119. The van der Waals surface area contributed by atoms with Gasteiger partial charge in [-0.2, -0.15) is 0 Å². The third kappa shape index (κ3) is 5.12. The van der Waals surface area contributed by atoms with Crippen molar-refractivity contribution in [3.8, 4) is 5.75 Å². The Morgan fingerprint density at radius 3 is 2.14 bits per heavy atom. The molecule has 0 spiro atoms. The van der Waals surface area contributed by atoms with Crippen molar-refractivity contribution < 1.29 is 14.1 Å². The maximum atomic E-state index is 12.9. The fourth-order valence-corrected chi connectivity index (χ4v) is 3.13. The van der Waals surface area contributed by atoms with Crippen molar-refractivity contribution in [2.45, 2.75) is 13.2 Å². The van der Waals surface area contributed by atoms with Crippen LogP contribution in [-0.2, 0) is 13.2 Å². The third-order valence-corrected chi connectivity index (χ3v) is 4.49. The van der Waals surface area contributed by atoms with E-state index in [2.05, 4.69) is 5.32 Å². The summed E-state index contributed by atoms with van der Waals surface area (Å²) in [5, 5.41) is 14.5. The molecule has 0 aliphatic rings. The first-order valence-electron chi connectivity index (χ1n) is 8.26. The van der Waals surface area contributed by atoms with E-state index in [0.717, 1.165) is 16.8 Å². The number of rotatable bonds is 7. The van der Waals surface area contributed by atoms with Gasteiger partial charge in [0.1, 0.15) is 12.4 Å². The van der Waals surface area contributed by atoms with Gasteiger partial charge in [0, 0.05) is 24.4 Å². The van der Waals surface area contributed by atoms with Crippen molar-refractivity contribution in [1.29, 1.82) is 0 Å². The smallest absolute Gasteiger partial charge is 0.269 e. The minimum atomic E-state index is -0.461. The number of nitro groups is 1. The molecule has 0 fully saturated rings. The molecule has 0 amide bonds. The van der Waals surface area contributed by atoms with Crippen molar-refractivity contribution >= 4 is 34.6 Å². The molecule has 0 unspecified atom stereocenters. The Labute approximate surface area is 170 Å². The van der Waals surface area contributed by atoms with Gasteiger partial charge >= 0.3 is 0 Å². The van der Waals surface area contributed by atoms with Gasteiger partial charge in [-0.1, -0.05) is 23.2 Å². The highest BCUT2D eigenvalue weighted by atomic mass is 35.5. The molecule has 1 N–H and O–H groups in total. The molecule has 0 aliphatic heterocycles. The van der Waals surface area contributed by atoms with Gasteiger partial charge in [-0.25, -0.2) is 4.39 Å². The number of nitrogens with one attached hydrogen (secondary N) is 1. The lowest BCUT2D eigenvalue weighted by Gasteiger charge is -2.13. The number of halogens is 3. The Balaban J connectivity index is 1.64. The normalized spacial score (nSPS) is 10.5. The van der Waals surface area contributed by atoms with E-state index in [0.29, 0.717) is 22.3 Å². The fraction of sp³-hybridized carbons (Fsp3) is 0.100. The first-order chi connectivity index (χ1) is 13.4. The molecular formula is C20H15Cl2FN2O3. The van der Waals surface area contributed by atoms with Crippen molar-refractivity contribution in [3.05, 3.63) is 97.8 Å². The number of non-ortho nitro benzene ring substituents is 1. The molecule has 0 heterocycles. The maximum absolute atomic E-state index is 12.9. The van der Waals surface area contributed by atoms with E-state index in [1.165, 1.54) is 24.3 Å². The SMILES string of the molecule is O=[N+]([O-])c1ccc(COc2c(Cl)cc(CNc3ccc(F)cc3)cc2Cl)cc1. The second-order valence-corrected chi connectivity index (χ2v) is 6.78. The van der Waals surface area contributed by atoms with E-state index in [4.69, 9.17) is 27.9 Å². The van der Waals surface area contributed by atoms with Crippen LogP contribution < -0.4 is 10.1 Å². The van der Waals surface area contributed by atoms with Crippen LogP contribution in [0.5, 0.6) is 5.75 Å². The van der Waals surface area contributed by atoms with Crippen LogP contribution >= 0.6 is 23.2 Å². The van der Waals surface area contributed by atoms with Gasteiger partial charge in [-0.3, -0.25) is 10.1 Å². The van der Waals surface area contributed by atoms with Gasteiger partial charge in [0.25, 0.3) is 5.69 Å². The average Bonchev–Trinajstić information content (AvgIpc) is 2.67. The van der Waals surface area contributed by atoms with Crippen molar-refractivity contribution in [1.82, 2.24) is 0 Å². The third-order valence-electron chi connectivity index (χ3n) is 3.93.